The van der Waals surface area contributed by atoms with Crippen molar-refractivity contribution in [2.75, 3.05) is 23.4 Å². The quantitative estimate of drug-likeness (QED) is 0.644. The number of carbonyl (C=O) groups is 3. The van der Waals surface area contributed by atoms with Gasteiger partial charge in [0, 0.05) is 24.3 Å². The molecule has 1 N–H and O–H groups in total. The minimum atomic E-state index is -0.575. The molecule has 1 heterocycles. The van der Waals surface area contributed by atoms with E-state index in [0.717, 1.165) is 24.1 Å². The van der Waals surface area contributed by atoms with Crippen molar-refractivity contribution in [3.63, 3.8) is 0 Å². The van der Waals surface area contributed by atoms with Crippen LogP contribution >= 0.6 is 0 Å². The van der Waals surface area contributed by atoms with Gasteiger partial charge in [0.15, 0.2) is 6.61 Å². The number of carbonyl (C=O) groups excluding carboxylic acids is 3. The van der Waals surface area contributed by atoms with Crippen LogP contribution in [0.1, 0.15) is 50.7 Å². The topological polar surface area (TPSA) is 75.7 Å². The Morgan fingerprint density at radius 3 is 2.52 bits per heavy atom. The number of para-hydroxylation sites is 1. The lowest BCUT2D eigenvalue weighted by molar-refractivity contribution is -0.151. The van der Waals surface area contributed by atoms with Crippen molar-refractivity contribution in [2.45, 2.75) is 46.0 Å². The predicted octanol–water partition coefficient (Wildman–Crippen LogP) is 4.30. The van der Waals surface area contributed by atoms with Crippen LogP contribution < -0.4 is 10.2 Å². The van der Waals surface area contributed by atoms with E-state index in [4.69, 9.17) is 4.74 Å². The van der Waals surface area contributed by atoms with E-state index in [1.54, 1.807) is 4.90 Å². The summed E-state index contributed by atoms with van der Waals surface area (Å²) in [5, 5.41) is 2.72. The SMILES string of the molecule is CCc1ccc(NC(=O)COC(=O)[C@@H]2CC(=O)N(c3ccccc3[C@@H](C)CC)C2)cc1. The highest BCUT2D eigenvalue weighted by atomic mass is 16.5. The molecule has 1 aliphatic rings. The minimum Gasteiger partial charge on any atom is -0.455 e. The molecule has 1 aliphatic heterocycles. The maximum absolute atomic E-state index is 12.6. The van der Waals surface area contributed by atoms with E-state index in [1.807, 2.05) is 48.5 Å². The highest BCUT2D eigenvalue weighted by Gasteiger charge is 2.37. The lowest BCUT2D eigenvalue weighted by atomic mass is 9.96. The predicted molar refractivity (Wildman–Crippen MR) is 121 cm³/mol. The fourth-order valence-corrected chi connectivity index (χ4v) is 3.74. The summed E-state index contributed by atoms with van der Waals surface area (Å²) in [4.78, 5) is 38.9. The Hall–Kier alpha value is -3.15. The smallest absolute Gasteiger partial charge is 0.311 e. The molecule has 31 heavy (non-hydrogen) atoms. The van der Waals surface area contributed by atoms with Gasteiger partial charge in [0.2, 0.25) is 5.91 Å². The second kappa shape index (κ2) is 10.2. The van der Waals surface area contributed by atoms with E-state index < -0.39 is 17.8 Å². The maximum atomic E-state index is 12.6. The number of aryl methyl sites for hydroxylation is 1. The van der Waals surface area contributed by atoms with Gasteiger partial charge in [0.05, 0.1) is 5.92 Å². The van der Waals surface area contributed by atoms with Gasteiger partial charge in [-0.15, -0.1) is 0 Å². The Labute approximate surface area is 183 Å². The first-order chi connectivity index (χ1) is 14.9. The van der Waals surface area contributed by atoms with Crippen LogP contribution in [0.15, 0.2) is 48.5 Å². The highest BCUT2D eigenvalue weighted by molar-refractivity contribution is 6.00. The molecule has 2 amide bonds. The van der Waals surface area contributed by atoms with Crippen LogP contribution in [-0.2, 0) is 25.5 Å². The second-order valence-electron chi connectivity index (χ2n) is 7.98. The van der Waals surface area contributed by atoms with E-state index >= 15 is 0 Å². The Bertz CT molecular complexity index is 939. The number of hydrogen-bond acceptors (Lipinski definition) is 4. The van der Waals surface area contributed by atoms with Gasteiger partial charge >= 0.3 is 5.97 Å². The molecule has 164 valence electrons. The lowest BCUT2D eigenvalue weighted by Gasteiger charge is -2.23. The molecule has 0 bridgehead atoms. The number of anilines is 2. The van der Waals surface area contributed by atoms with Gasteiger partial charge in [-0.25, -0.2) is 0 Å². The summed E-state index contributed by atoms with van der Waals surface area (Å²) in [6, 6.07) is 15.3. The highest BCUT2D eigenvalue weighted by Crippen LogP contribution is 2.33. The third-order valence-corrected chi connectivity index (χ3v) is 5.82. The fraction of sp³-hybridized carbons (Fsp3) is 0.400. The van der Waals surface area contributed by atoms with Crippen LogP contribution in [0.5, 0.6) is 0 Å². The third kappa shape index (κ3) is 5.51. The van der Waals surface area contributed by atoms with Crippen molar-refractivity contribution in [3.05, 3.63) is 59.7 Å². The second-order valence-corrected chi connectivity index (χ2v) is 7.98. The first kappa shape index (κ1) is 22.5. The first-order valence-corrected chi connectivity index (χ1v) is 10.9. The zero-order chi connectivity index (χ0) is 22.4. The Kier molecular flexibility index (Phi) is 7.45. The maximum Gasteiger partial charge on any atom is 0.311 e. The van der Waals surface area contributed by atoms with Crippen LogP contribution in [0, 0.1) is 5.92 Å². The molecule has 6 nitrogen and oxygen atoms in total. The molecule has 3 rings (SSSR count). The molecule has 0 aromatic heterocycles. The third-order valence-electron chi connectivity index (χ3n) is 5.82. The van der Waals surface area contributed by atoms with Gasteiger partial charge in [-0.1, -0.05) is 51.1 Å². The number of esters is 1. The van der Waals surface area contributed by atoms with Gasteiger partial charge in [0.25, 0.3) is 5.91 Å². The van der Waals surface area contributed by atoms with Gasteiger partial charge in [-0.3, -0.25) is 14.4 Å². The molecule has 0 radical (unpaired) electrons. The monoisotopic (exact) mass is 422 g/mol. The van der Waals surface area contributed by atoms with E-state index in [0.29, 0.717) is 11.6 Å². The molecule has 1 fully saturated rings. The fourth-order valence-electron chi connectivity index (χ4n) is 3.74. The standard InChI is InChI=1S/C25H30N2O4/c1-4-17(3)21-8-6-7-9-22(21)27-15-19(14-24(27)29)25(30)31-16-23(28)26-20-12-10-18(5-2)11-13-20/h6-13,17,19H,4-5,14-16H2,1-3H3,(H,26,28)/t17-,19+/m0/s1. The van der Waals surface area contributed by atoms with E-state index in [1.165, 1.54) is 5.56 Å². The summed E-state index contributed by atoms with van der Waals surface area (Å²) >= 11 is 0. The van der Waals surface area contributed by atoms with Gasteiger partial charge in [0.1, 0.15) is 0 Å². The largest absolute Gasteiger partial charge is 0.455 e. The average molecular weight is 423 g/mol. The number of hydrogen-bond donors (Lipinski definition) is 1. The Morgan fingerprint density at radius 1 is 1.13 bits per heavy atom. The summed E-state index contributed by atoms with van der Waals surface area (Å²) in [6.45, 7) is 6.19. The van der Waals surface area contributed by atoms with Crippen molar-refractivity contribution in [1.29, 1.82) is 0 Å². The van der Waals surface area contributed by atoms with Crippen LogP contribution in [0.25, 0.3) is 0 Å². The molecule has 6 heteroatoms. The minimum absolute atomic E-state index is 0.0910. The van der Waals surface area contributed by atoms with Gasteiger partial charge < -0.3 is 15.0 Å². The summed E-state index contributed by atoms with van der Waals surface area (Å²) in [5.41, 5.74) is 3.78. The lowest BCUT2D eigenvalue weighted by Crippen LogP contribution is -2.29. The number of benzene rings is 2. The van der Waals surface area contributed by atoms with Crippen molar-refractivity contribution >= 4 is 29.2 Å². The molecule has 0 unspecified atom stereocenters. The molecule has 0 aliphatic carbocycles. The summed E-state index contributed by atoms with van der Waals surface area (Å²) in [6.07, 6.45) is 1.97. The number of rotatable bonds is 8. The van der Waals surface area contributed by atoms with Crippen molar-refractivity contribution < 1.29 is 19.1 Å². The molecular formula is C25H30N2O4. The molecule has 2 aromatic rings. The van der Waals surface area contributed by atoms with E-state index in [2.05, 4.69) is 26.1 Å². The van der Waals surface area contributed by atoms with Gasteiger partial charge in [-0.05, 0) is 48.1 Å². The Balaban J connectivity index is 1.56. The van der Waals surface area contributed by atoms with Crippen molar-refractivity contribution in [1.82, 2.24) is 0 Å². The van der Waals surface area contributed by atoms with Gasteiger partial charge in [-0.2, -0.15) is 0 Å². The molecule has 2 aromatic carbocycles. The normalized spacial score (nSPS) is 16.8. The van der Waals surface area contributed by atoms with Crippen LogP contribution in [0.3, 0.4) is 0 Å². The molecular weight excluding hydrogens is 392 g/mol. The van der Waals surface area contributed by atoms with E-state index in [-0.39, 0.29) is 25.5 Å². The van der Waals surface area contributed by atoms with Crippen LogP contribution in [0.2, 0.25) is 0 Å². The summed E-state index contributed by atoms with van der Waals surface area (Å²) < 4.78 is 5.21. The van der Waals surface area contributed by atoms with E-state index in [9.17, 15) is 14.4 Å². The number of nitrogens with zero attached hydrogens (tertiary/aromatic N) is 1. The summed E-state index contributed by atoms with van der Waals surface area (Å²) in [5.74, 6) is -1.29. The number of ether oxygens (including phenoxy) is 1. The number of amides is 2. The van der Waals surface area contributed by atoms with Crippen molar-refractivity contribution in [2.24, 2.45) is 5.92 Å². The molecule has 0 saturated carbocycles. The zero-order valence-electron chi connectivity index (χ0n) is 18.4. The first-order valence-electron chi connectivity index (χ1n) is 10.9. The molecule has 0 spiro atoms. The molecule has 1 saturated heterocycles. The van der Waals surface area contributed by atoms with Crippen LogP contribution in [-0.4, -0.2) is 30.9 Å². The van der Waals surface area contributed by atoms with Crippen LogP contribution in [0.4, 0.5) is 11.4 Å². The Morgan fingerprint density at radius 2 is 1.84 bits per heavy atom. The average Bonchev–Trinajstić information content (AvgIpc) is 3.19. The number of nitrogens with one attached hydrogen (secondary N) is 1. The zero-order valence-corrected chi connectivity index (χ0v) is 18.4. The summed E-state index contributed by atoms with van der Waals surface area (Å²) in [7, 11) is 0. The van der Waals surface area contributed by atoms with Crippen molar-refractivity contribution in [3.8, 4) is 0 Å². The molecule has 2 atom stereocenters.